The van der Waals surface area contributed by atoms with Gasteiger partial charge >= 0.3 is 6.61 Å². The molecule has 0 spiro atoms. The van der Waals surface area contributed by atoms with E-state index in [0.717, 1.165) is 18.2 Å². The van der Waals surface area contributed by atoms with Gasteiger partial charge in [0, 0.05) is 11.6 Å². The van der Waals surface area contributed by atoms with Crippen molar-refractivity contribution in [1.29, 1.82) is 0 Å². The number of halogens is 3. The van der Waals surface area contributed by atoms with E-state index < -0.39 is 18.5 Å². The molecule has 1 atom stereocenters. The number of hydrogen-bond donors (Lipinski definition) is 1. The maximum atomic E-state index is 13.2. The zero-order valence-corrected chi connectivity index (χ0v) is 7.66. The van der Waals surface area contributed by atoms with Gasteiger partial charge < -0.3 is 9.84 Å². The summed E-state index contributed by atoms with van der Waals surface area (Å²) in [6.45, 7) is 0.281. The Hall–Kier alpha value is -1.49. The molecule has 1 aromatic rings. The Balaban J connectivity index is 2.92. The lowest BCUT2D eigenvalue weighted by molar-refractivity contribution is -0.0500. The summed E-state index contributed by atoms with van der Waals surface area (Å²) in [5.41, 5.74) is -0.0355. The molecule has 0 fully saturated rings. The van der Waals surface area contributed by atoms with Crippen LogP contribution in [0.1, 0.15) is 11.7 Å². The van der Waals surface area contributed by atoms with Gasteiger partial charge in [-0.15, -0.1) is 6.58 Å². The fraction of sp³-hybridized carbons (Fsp3) is 0.200. The van der Waals surface area contributed by atoms with E-state index in [1.165, 1.54) is 6.07 Å². The van der Waals surface area contributed by atoms with Gasteiger partial charge in [-0.3, -0.25) is 0 Å². The summed E-state index contributed by atoms with van der Waals surface area (Å²) in [6.07, 6.45) is -0.0305. The summed E-state index contributed by atoms with van der Waals surface area (Å²) in [6, 6.07) is 3.10. The Morgan fingerprint density at radius 2 is 2.07 bits per heavy atom. The molecule has 0 aliphatic heterocycles. The van der Waals surface area contributed by atoms with Gasteiger partial charge in [0.25, 0.3) is 0 Å². The van der Waals surface area contributed by atoms with E-state index in [1.54, 1.807) is 0 Å². The van der Waals surface area contributed by atoms with Crippen molar-refractivity contribution in [3.05, 3.63) is 42.2 Å². The van der Waals surface area contributed by atoms with Crippen LogP contribution in [0.2, 0.25) is 0 Å². The van der Waals surface area contributed by atoms with Gasteiger partial charge in [-0.25, -0.2) is 4.39 Å². The van der Waals surface area contributed by atoms with Gasteiger partial charge in [0.05, 0.1) is 6.10 Å². The van der Waals surface area contributed by atoms with Gasteiger partial charge in [0.1, 0.15) is 11.6 Å². The molecule has 0 saturated heterocycles. The Labute approximate surface area is 84.6 Å². The average Bonchev–Trinajstić information content (AvgIpc) is 2.16. The van der Waals surface area contributed by atoms with E-state index in [0.29, 0.717) is 0 Å². The summed E-state index contributed by atoms with van der Waals surface area (Å²) in [7, 11) is 0. The molecule has 1 N–H and O–H groups in total. The van der Waals surface area contributed by atoms with Crippen LogP contribution in [0, 0.1) is 5.82 Å². The number of benzene rings is 1. The predicted molar refractivity (Wildman–Crippen MR) is 48.2 cm³/mol. The van der Waals surface area contributed by atoms with Gasteiger partial charge in [-0.1, -0.05) is 6.08 Å². The molecule has 1 rings (SSSR count). The second-order valence-electron chi connectivity index (χ2n) is 2.74. The van der Waals surface area contributed by atoms with Crippen molar-refractivity contribution in [2.24, 2.45) is 0 Å². The predicted octanol–water partition coefficient (Wildman–Crippen LogP) is 2.65. The highest BCUT2D eigenvalue weighted by molar-refractivity contribution is 5.31. The number of aliphatic hydroxyl groups is 1. The van der Waals surface area contributed by atoms with Crippen LogP contribution in [0.3, 0.4) is 0 Å². The first-order chi connectivity index (χ1) is 7.04. The zero-order valence-electron chi connectivity index (χ0n) is 7.66. The van der Waals surface area contributed by atoms with E-state index in [1.807, 2.05) is 0 Å². The van der Waals surface area contributed by atoms with Crippen LogP contribution >= 0.6 is 0 Å². The molecule has 0 heterocycles. The highest BCUT2D eigenvalue weighted by Crippen LogP contribution is 2.23. The molecule has 0 radical (unpaired) electrons. The van der Waals surface area contributed by atoms with Crippen LogP contribution in [0.5, 0.6) is 5.75 Å². The molecule has 0 bridgehead atoms. The summed E-state index contributed by atoms with van der Waals surface area (Å²) in [4.78, 5) is 0. The maximum absolute atomic E-state index is 13.2. The molecule has 0 saturated carbocycles. The molecule has 0 aromatic heterocycles. The van der Waals surface area contributed by atoms with E-state index in [2.05, 4.69) is 11.3 Å². The first kappa shape index (κ1) is 11.6. The van der Waals surface area contributed by atoms with Gasteiger partial charge in [-0.05, 0) is 12.1 Å². The second kappa shape index (κ2) is 4.84. The maximum Gasteiger partial charge on any atom is 0.387 e. The Morgan fingerprint density at radius 3 is 2.53 bits per heavy atom. The molecular weight excluding hydrogens is 209 g/mol. The first-order valence-corrected chi connectivity index (χ1v) is 4.09. The standard InChI is InChI=1S/C10H9F3O2/c1-2-9(14)7-4-3-6(5-8(7)11)15-10(12)13/h2-5,9-10,14H,1H2. The second-order valence-corrected chi connectivity index (χ2v) is 2.74. The Morgan fingerprint density at radius 1 is 1.40 bits per heavy atom. The van der Waals surface area contributed by atoms with Crippen LogP contribution in [0.15, 0.2) is 30.9 Å². The van der Waals surface area contributed by atoms with E-state index in [9.17, 15) is 18.3 Å². The monoisotopic (exact) mass is 218 g/mol. The largest absolute Gasteiger partial charge is 0.435 e. The number of alkyl halides is 2. The summed E-state index contributed by atoms with van der Waals surface area (Å²) >= 11 is 0. The number of hydrogen-bond acceptors (Lipinski definition) is 2. The third kappa shape index (κ3) is 2.99. The summed E-state index contributed by atoms with van der Waals surface area (Å²) < 4.78 is 40.7. The molecular formula is C10H9F3O2. The lowest BCUT2D eigenvalue weighted by Crippen LogP contribution is -2.03. The molecule has 1 aromatic carbocycles. The number of rotatable bonds is 4. The zero-order chi connectivity index (χ0) is 11.4. The van der Waals surface area contributed by atoms with Gasteiger partial charge in [0.15, 0.2) is 0 Å². The van der Waals surface area contributed by atoms with Crippen molar-refractivity contribution >= 4 is 0 Å². The molecule has 0 aliphatic carbocycles. The summed E-state index contributed by atoms with van der Waals surface area (Å²) in [5.74, 6) is -1.11. The molecule has 0 aliphatic rings. The lowest BCUT2D eigenvalue weighted by Gasteiger charge is -2.09. The van der Waals surface area contributed by atoms with Crippen molar-refractivity contribution < 1.29 is 23.0 Å². The van der Waals surface area contributed by atoms with E-state index >= 15 is 0 Å². The van der Waals surface area contributed by atoms with Crippen molar-refractivity contribution in [3.8, 4) is 5.75 Å². The van der Waals surface area contributed by atoms with Crippen molar-refractivity contribution in [2.75, 3.05) is 0 Å². The van der Waals surface area contributed by atoms with Crippen LogP contribution in [0.25, 0.3) is 0 Å². The Kier molecular flexibility index (Phi) is 3.74. The minimum Gasteiger partial charge on any atom is -0.435 e. The molecule has 5 heteroatoms. The summed E-state index contributed by atoms with van der Waals surface area (Å²) in [5, 5.41) is 9.24. The topological polar surface area (TPSA) is 29.5 Å². The third-order valence-electron chi connectivity index (χ3n) is 1.74. The van der Waals surface area contributed by atoms with Crippen molar-refractivity contribution in [2.45, 2.75) is 12.7 Å². The first-order valence-electron chi connectivity index (χ1n) is 4.09. The lowest BCUT2D eigenvalue weighted by atomic mass is 10.1. The highest BCUT2D eigenvalue weighted by Gasteiger charge is 2.12. The molecule has 82 valence electrons. The molecule has 1 unspecified atom stereocenters. The van der Waals surface area contributed by atoms with Crippen molar-refractivity contribution in [1.82, 2.24) is 0 Å². The SMILES string of the molecule is C=CC(O)c1ccc(OC(F)F)cc1F. The van der Waals surface area contributed by atoms with E-state index in [4.69, 9.17) is 0 Å². The fourth-order valence-corrected chi connectivity index (χ4v) is 1.05. The van der Waals surface area contributed by atoms with Crippen LogP contribution in [-0.2, 0) is 0 Å². The van der Waals surface area contributed by atoms with Gasteiger partial charge in [0.2, 0.25) is 0 Å². The minimum atomic E-state index is -3.00. The third-order valence-corrected chi connectivity index (χ3v) is 1.74. The van der Waals surface area contributed by atoms with Gasteiger partial charge in [-0.2, -0.15) is 8.78 Å². The highest BCUT2D eigenvalue weighted by atomic mass is 19.3. The normalized spacial score (nSPS) is 12.6. The van der Waals surface area contributed by atoms with Crippen LogP contribution in [-0.4, -0.2) is 11.7 Å². The minimum absolute atomic E-state index is 0.0355. The van der Waals surface area contributed by atoms with Crippen LogP contribution in [0.4, 0.5) is 13.2 Å². The average molecular weight is 218 g/mol. The number of aliphatic hydroxyl groups excluding tert-OH is 1. The molecule has 0 amide bonds. The smallest absolute Gasteiger partial charge is 0.387 e. The van der Waals surface area contributed by atoms with E-state index in [-0.39, 0.29) is 11.3 Å². The van der Waals surface area contributed by atoms with Crippen molar-refractivity contribution in [3.63, 3.8) is 0 Å². The van der Waals surface area contributed by atoms with Crippen LogP contribution < -0.4 is 4.74 Å². The Bertz CT molecular complexity index is 353. The molecule has 15 heavy (non-hydrogen) atoms. The fourth-order valence-electron chi connectivity index (χ4n) is 1.05. The molecule has 2 nitrogen and oxygen atoms in total. The number of ether oxygens (including phenoxy) is 1. The quantitative estimate of drug-likeness (QED) is 0.787.